The fourth-order valence-corrected chi connectivity index (χ4v) is 2.43. The van der Waals surface area contributed by atoms with Crippen molar-refractivity contribution < 1.29 is 14.1 Å². The third-order valence-electron chi connectivity index (χ3n) is 3.49. The van der Waals surface area contributed by atoms with Crippen molar-refractivity contribution in [2.75, 3.05) is 12.4 Å². The quantitative estimate of drug-likeness (QED) is 0.754. The summed E-state index contributed by atoms with van der Waals surface area (Å²) in [7, 11) is 1.53. The zero-order valence-electron chi connectivity index (χ0n) is 13.2. The zero-order chi connectivity index (χ0) is 17.1. The highest BCUT2D eigenvalue weighted by atomic mass is 35.5. The summed E-state index contributed by atoms with van der Waals surface area (Å²) in [5.74, 6) is 0.698. The van der Waals surface area contributed by atoms with Gasteiger partial charge in [0.2, 0.25) is 0 Å². The van der Waals surface area contributed by atoms with Crippen LogP contribution < -0.4 is 10.1 Å². The number of halogens is 1. The van der Waals surface area contributed by atoms with Crippen LogP contribution in [0.2, 0.25) is 5.02 Å². The second-order valence-electron chi connectivity index (χ2n) is 5.25. The van der Waals surface area contributed by atoms with E-state index in [0.717, 1.165) is 11.1 Å². The van der Waals surface area contributed by atoms with Crippen molar-refractivity contribution in [1.29, 1.82) is 0 Å². The smallest absolute Gasteiger partial charge is 0.277 e. The van der Waals surface area contributed by atoms with E-state index in [-0.39, 0.29) is 11.6 Å². The van der Waals surface area contributed by atoms with Crippen molar-refractivity contribution in [1.82, 2.24) is 5.16 Å². The number of anilines is 1. The van der Waals surface area contributed by atoms with Crippen LogP contribution in [-0.2, 0) is 0 Å². The Morgan fingerprint density at radius 1 is 1.17 bits per heavy atom. The molecule has 0 spiro atoms. The van der Waals surface area contributed by atoms with Gasteiger partial charge in [-0.1, -0.05) is 46.6 Å². The Labute approximate surface area is 144 Å². The van der Waals surface area contributed by atoms with Crippen molar-refractivity contribution in [3.05, 3.63) is 64.8 Å². The molecule has 0 saturated carbocycles. The number of hydrogen-bond acceptors (Lipinski definition) is 4. The summed E-state index contributed by atoms with van der Waals surface area (Å²) in [6, 6.07) is 14.4. The topological polar surface area (TPSA) is 64.4 Å². The predicted octanol–water partition coefficient (Wildman–Crippen LogP) is 4.56. The first-order chi connectivity index (χ1) is 11.6. The first-order valence-electron chi connectivity index (χ1n) is 7.25. The van der Waals surface area contributed by atoms with E-state index in [1.165, 1.54) is 7.11 Å². The molecule has 122 valence electrons. The van der Waals surface area contributed by atoms with E-state index in [9.17, 15) is 4.79 Å². The molecule has 0 saturated heterocycles. The molecule has 6 heteroatoms. The van der Waals surface area contributed by atoms with Crippen LogP contribution in [-0.4, -0.2) is 18.2 Å². The van der Waals surface area contributed by atoms with Gasteiger partial charge in [-0.2, -0.15) is 0 Å². The zero-order valence-corrected chi connectivity index (χ0v) is 13.9. The van der Waals surface area contributed by atoms with Gasteiger partial charge in [0.05, 0.1) is 12.1 Å². The van der Waals surface area contributed by atoms with Gasteiger partial charge in [-0.25, -0.2) is 0 Å². The number of carbonyl (C=O) groups excluding carboxylic acids is 1. The van der Waals surface area contributed by atoms with E-state index in [0.29, 0.717) is 22.2 Å². The number of benzene rings is 2. The Morgan fingerprint density at radius 2 is 1.92 bits per heavy atom. The molecule has 24 heavy (non-hydrogen) atoms. The van der Waals surface area contributed by atoms with Crippen LogP contribution in [0.5, 0.6) is 5.75 Å². The largest absolute Gasteiger partial charge is 0.495 e. The fraction of sp³-hybridized carbons (Fsp3) is 0.111. The number of aromatic nitrogens is 1. The predicted molar refractivity (Wildman–Crippen MR) is 92.6 cm³/mol. The average Bonchev–Trinajstić information content (AvgIpc) is 3.06. The van der Waals surface area contributed by atoms with Crippen molar-refractivity contribution in [2.45, 2.75) is 6.92 Å². The van der Waals surface area contributed by atoms with Gasteiger partial charge < -0.3 is 14.6 Å². The molecule has 1 amide bonds. The lowest BCUT2D eigenvalue weighted by Crippen LogP contribution is -2.12. The molecule has 0 aliphatic carbocycles. The van der Waals surface area contributed by atoms with Gasteiger partial charge in [0.25, 0.3) is 5.91 Å². The number of ether oxygens (including phenoxy) is 1. The van der Waals surface area contributed by atoms with E-state index >= 15 is 0 Å². The average molecular weight is 343 g/mol. The molecule has 1 aromatic heterocycles. The highest BCUT2D eigenvalue weighted by Crippen LogP contribution is 2.27. The van der Waals surface area contributed by atoms with Crippen LogP contribution in [0.25, 0.3) is 11.3 Å². The maximum absolute atomic E-state index is 12.3. The summed E-state index contributed by atoms with van der Waals surface area (Å²) in [4.78, 5) is 12.3. The molecule has 1 heterocycles. The molecule has 0 aliphatic heterocycles. The summed E-state index contributed by atoms with van der Waals surface area (Å²) < 4.78 is 10.3. The molecule has 0 bridgehead atoms. The summed E-state index contributed by atoms with van der Waals surface area (Å²) >= 11 is 6.05. The van der Waals surface area contributed by atoms with E-state index in [1.807, 2.05) is 31.2 Å². The molecule has 2 aromatic carbocycles. The molecule has 3 rings (SSSR count). The summed E-state index contributed by atoms with van der Waals surface area (Å²) in [5, 5.41) is 6.96. The lowest BCUT2D eigenvalue weighted by atomic mass is 10.1. The minimum Gasteiger partial charge on any atom is -0.495 e. The highest BCUT2D eigenvalue weighted by Gasteiger charge is 2.14. The first kappa shape index (κ1) is 16.1. The molecule has 0 atom stereocenters. The second-order valence-corrected chi connectivity index (χ2v) is 5.65. The summed E-state index contributed by atoms with van der Waals surface area (Å²) in [5.41, 5.74) is 2.75. The van der Waals surface area contributed by atoms with Gasteiger partial charge in [-0.15, -0.1) is 0 Å². The van der Waals surface area contributed by atoms with Crippen LogP contribution in [0.15, 0.2) is 53.1 Å². The monoisotopic (exact) mass is 342 g/mol. The minimum absolute atomic E-state index is 0.192. The number of methoxy groups -OCH3 is 1. The molecule has 0 radical (unpaired) electrons. The van der Waals surface area contributed by atoms with E-state index in [2.05, 4.69) is 10.5 Å². The number of nitrogens with one attached hydrogen (secondary N) is 1. The van der Waals surface area contributed by atoms with Crippen LogP contribution >= 0.6 is 11.6 Å². The van der Waals surface area contributed by atoms with Crippen LogP contribution in [0, 0.1) is 6.92 Å². The second kappa shape index (κ2) is 6.76. The van der Waals surface area contributed by atoms with E-state index in [4.69, 9.17) is 20.9 Å². The van der Waals surface area contributed by atoms with Crippen LogP contribution in [0.4, 0.5) is 5.69 Å². The number of rotatable bonds is 4. The maximum atomic E-state index is 12.3. The van der Waals surface area contributed by atoms with Gasteiger partial charge in [-0.3, -0.25) is 4.79 Å². The molecule has 1 N–H and O–H groups in total. The van der Waals surface area contributed by atoms with Gasteiger partial charge in [0, 0.05) is 17.3 Å². The lowest BCUT2D eigenvalue weighted by Gasteiger charge is -2.06. The Hall–Kier alpha value is -2.79. The molecule has 0 unspecified atom stereocenters. The molecular weight excluding hydrogens is 328 g/mol. The highest BCUT2D eigenvalue weighted by molar-refractivity contribution is 6.32. The van der Waals surface area contributed by atoms with Crippen molar-refractivity contribution in [2.24, 2.45) is 0 Å². The van der Waals surface area contributed by atoms with Crippen LogP contribution in [0.3, 0.4) is 0 Å². The molecule has 3 aromatic rings. The van der Waals surface area contributed by atoms with E-state index in [1.54, 1.807) is 24.3 Å². The first-order valence-corrected chi connectivity index (χ1v) is 7.63. The van der Waals surface area contributed by atoms with Gasteiger partial charge in [-0.05, 0) is 25.1 Å². The Morgan fingerprint density at radius 3 is 2.58 bits per heavy atom. The van der Waals surface area contributed by atoms with Gasteiger partial charge in [0.15, 0.2) is 11.5 Å². The molecule has 0 fully saturated rings. The van der Waals surface area contributed by atoms with Gasteiger partial charge >= 0.3 is 0 Å². The minimum atomic E-state index is -0.377. The van der Waals surface area contributed by atoms with E-state index < -0.39 is 0 Å². The third-order valence-corrected chi connectivity index (χ3v) is 3.78. The summed E-state index contributed by atoms with van der Waals surface area (Å²) in [6.07, 6.45) is 0. The lowest BCUT2D eigenvalue weighted by molar-refractivity contribution is 0.101. The number of amides is 1. The number of nitrogens with zero attached hydrogens (tertiary/aromatic N) is 1. The fourth-order valence-electron chi connectivity index (χ4n) is 2.18. The normalized spacial score (nSPS) is 10.5. The standard InChI is InChI=1S/C18H15ClN2O3/c1-11-3-5-12(6-4-11)17-10-15(21-24-17)18(22)20-13-7-8-16(23-2)14(19)9-13/h3-10H,1-2H3,(H,20,22). The van der Waals surface area contributed by atoms with Crippen molar-refractivity contribution in [3.8, 4) is 17.1 Å². The number of carbonyl (C=O) groups is 1. The molecule has 5 nitrogen and oxygen atoms in total. The van der Waals surface area contributed by atoms with Gasteiger partial charge in [0.1, 0.15) is 5.75 Å². The number of aryl methyl sites for hydroxylation is 1. The Balaban J connectivity index is 1.76. The Kier molecular flexibility index (Phi) is 4.53. The Bertz CT molecular complexity index is 872. The molecular formula is C18H15ClN2O3. The third kappa shape index (κ3) is 3.41. The summed E-state index contributed by atoms with van der Waals surface area (Å²) in [6.45, 7) is 2.00. The van der Waals surface area contributed by atoms with Crippen LogP contribution in [0.1, 0.15) is 16.1 Å². The van der Waals surface area contributed by atoms with Crippen molar-refractivity contribution in [3.63, 3.8) is 0 Å². The maximum Gasteiger partial charge on any atom is 0.277 e. The number of hydrogen-bond donors (Lipinski definition) is 1. The molecule has 0 aliphatic rings. The van der Waals surface area contributed by atoms with Crippen molar-refractivity contribution >= 4 is 23.2 Å². The SMILES string of the molecule is COc1ccc(NC(=O)c2cc(-c3ccc(C)cc3)on2)cc1Cl.